The quantitative estimate of drug-likeness (QED) is 0.450. The first-order valence-corrected chi connectivity index (χ1v) is 5.25. The number of hydrogen-bond donors (Lipinski definition) is 2. The van der Waals surface area contributed by atoms with Crippen LogP contribution < -0.4 is 0 Å². The van der Waals surface area contributed by atoms with Gasteiger partial charge in [0.15, 0.2) is 0 Å². The van der Waals surface area contributed by atoms with Gasteiger partial charge in [0.05, 0.1) is 13.2 Å². The summed E-state index contributed by atoms with van der Waals surface area (Å²) in [5, 5.41) is 17.3. The second-order valence-electron chi connectivity index (χ2n) is 2.65. The van der Waals surface area contributed by atoms with Crippen molar-refractivity contribution in [2.75, 3.05) is 19.0 Å². The van der Waals surface area contributed by atoms with Gasteiger partial charge in [0.1, 0.15) is 6.10 Å². The van der Waals surface area contributed by atoms with Gasteiger partial charge in [0.2, 0.25) is 0 Å². The molecule has 0 amide bonds. The lowest BCUT2D eigenvalue weighted by atomic mass is 10.3. The van der Waals surface area contributed by atoms with Crippen molar-refractivity contribution in [3.8, 4) is 0 Å². The van der Waals surface area contributed by atoms with Crippen LogP contribution in [-0.4, -0.2) is 35.3 Å². The summed E-state index contributed by atoms with van der Waals surface area (Å²) in [6.07, 6.45) is 2.85. The van der Waals surface area contributed by atoms with Gasteiger partial charge < -0.3 is 14.4 Å². The highest BCUT2D eigenvalue weighted by molar-refractivity contribution is 7.94. The van der Waals surface area contributed by atoms with E-state index in [1.165, 1.54) is 24.9 Å². The lowest BCUT2D eigenvalue weighted by Crippen LogP contribution is -2.17. The predicted octanol–water partition coefficient (Wildman–Crippen LogP) is 1.19. The van der Waals surface area contributed by atoms with Crippen molar-refractivity contribution in [3.63, 3.8) is 0 Å². The van der Waals surface area contributed by atoms with E-state index in [1.807, 2.05) is 0 Å². The molecule has 0 radical (unpaired) electrons. The van der Waals surface area contributed by atoms with Gasteiger partial charge in [-0.1, -0.05) is 19.8 Å². The Labute approximate surface area is 78.3 Å². The first-order valence-electron chi connectivity index (χ1n) is 4.34. The fourth-order valence-electron chi connectivity index (χ4n) is 0.649. The summed E-state index contributed by atoms with van der Waals surface area (Å²) in [6, 6.07) is 0. The zero-order valence-electron chi connectivity index (χ0n) is 7.53. The Balaban J connectivity index is 2.90. The largest absolute Gasteiger partial charge is 0.394 e. The maximum atomic E-state index is 8.87. The zero-order chi connectivity index (χ0) is 9.23. The van der Waals surface area contributed by atoms with Gasteiger partial charge in [-0.05, 0) is 18.5 Å². The third kappa shape index (κ3) is 8.33. The lowest BCUT2D eigenvalue weighted by Gasteiger charge is -2.06. The Morgan fingerprint density at radius 2 is 2.17 bits per heavy atom. The highest BCUT2D eigenvalue weighted by Gasteiger charge is 2.00. The van der Waals surface area contributed by atoms with Crippen LogP contribution in [0.15, 0.2) is 0 Å². The number of aliphatic hydroxyl groups is 2. The van der Waals surface area contributed by atoms with E-state index in [4.69, 9.17) is 14.4 Å². The Morgan fingerprint density at radius 1 is 1.42 bits per heavy atom. The van der Waals surface area contributed by atoms with Crippen molar-refractivity contribution in [3.05, 3.63) is 0 Å². The van der Waals surface area contributed by atoms with E-state index < -0.39 is 6.10 Å². The van der Waals surface area contributed by atoms with Crippen LogP contribution in [0.2, 0.25) is 0 Å². The van der Waals surface area contributed by atoms with E-state index in [2.05, 4.69) is 6.92 Å². The van der Waals surface area contributed by atoms with Crippen LogP contribution in [0.4, 0.5) is 0 Å². The Kier molecular flexibility index (Phi) is 9.50. The van der Waals surface area contributed by atoms with Gasteiger partial charge in [-0.15, -0.1) is 0 Å². The smallest absolute Gasteiger partial charge is 0.102 e. The minimum absolute atomic E-state index is 0.216. The molecule has 0 saturated heterocycles. The maximum absolute atomic E-state index is 8.87. The molecule has 74 valence electrons. The molecular formula is C8H18O3S. The fourth-order valence-corrected chi connectivity index (χ4v) is 1.34. The number of hydrogen-bond acceptors (Lipinski definition) is 4. The van der Waals surface area contributed by atoms with Crippen LogP contribution in [0, 0.1) is 0 Å². The molecule has 0 aliphatic carbocycles. The summed E-state index contributed by atoms with van der Waals surface area (Å²) in [4.78, 5) is 0. The normalized spacial score (nSPS) is 13.2. The van der Waals surface area contributed by atoms with E-state index in [0.29, 0.717) is 0 Å². The average Bonchev–Trinajstić information content (AvgIpc) is 2.10. The van der Waals surface area contributed by atoms with Gasteiger partial charge in [-0.2, -0.15) is 0 Å². The lowest BCUT2D eigenvalue weighted by molar-refractivity contribution is 0.0603. The van der Waals surface area contributed by atoms with Gasteiger partial charge in [-0.3, -0.25) is 0 Å². The van der Waals surface area contributed by atoms with Crippen molar-refractivity contribution in [2.24, 2.45) is 0 Å². The van der Waals surface area contributed by atoms with Gasteiger partial charge in [0.25, 0.3) is 0 Å². The van der Waals surface area contributed by atoms with E-state index in [1.54, 1.807) is 0 Å². The van der Waals surface area contributed by atoms with Gasteiger partial charge in [0, 0.05) is 5.75 Å². The highest BCUT2D eigenvalue weighted by atomic mass is 32.2. The summed E-state index contributed by atoms with van der Waals surface area (Å²) in [6.45, 7) is 2.14. The molecule has 0 spiro atoms. The number of unbranched alkanes of at least 4 members (excludes halogenated alkanes) is 2. The molecule has 0 bridgehead atoms. The van der Waals surface area contributed by atoms with E-state index in [9.17, 15) is 0 Å². The number of rotatable bonds is 8. The van der Waals surface area contributed by atoms with Crippen molar-refractivity contribution in [1.82, 2.24) is 0 Å². The molecule has 3 nitrogen and oxygen atoms in total. The van der Waals surface area contributed by atoms with E-state index >= 15 is 0 Å². The standard InChI is InChI=1S/C8H18O3S/c1-2-3-4-5-12-11-7-8(10)6-9/h8-10H,2-7H2,1H3. The summed E-state index contributed by atoms with van der Waals surface area (Å²) >= 11 is 1.37. The molecule has 0 aromatic rings. The highest BCUT2D eigenvalue weighted by Crippen LogP contribution is 2.07. The first-order chi connectivity index (χ1) is 5.81. The second-order valence-corrected chi connectivity index (χ2v) is 3.53. The topological polar surface area (TPSA) is 49.7 Å². The van der Waals surface area contributed by atoms with Crippen molar-refractivity contribution in [2.45, 2.75) is 32.3 Å². The van der Waals surface area contributed by atoms with E-state index in [-0.39, 0.29) is 13.2 Å². The molecule has 12 heavy (non-hydrogen) atoms. The second kappa shape index (κ2) is 9.32. The summed E-state index contributed by atoms with van der Waals surface area (Å²) in [5.41, 5.74) is 0. The zero-order valence-corrected chi connectivity index (χ0v) is 8.35. The molecule has 0 aliphatic rings. The minimum atomic E-state index is -0.733. The van der Waals surface area contributed by atoms with Crippen molar-refractivity contribution in [1.29, 1.82) is 0 Å². The molecule has 1 atom stereocenters. The SMILES string of the molecule is CCCCCSOCC(O)CO. The molecule has 0 heterocycles. The molecule has 0 saturated carbocycles. The third-order valence-corrected chi connectivity index (χ3v) is 2.14. The monoisotopic (exact) mass is 194 g/mol. The van der Waals surface area contributed by atoms with Crippen LogP contribution in [0.3, 0.4) is 0 Å². The van der Waals surface area contributed by atoms with E-state index in [0.717, 1.165) is 12.2 Å². The minimum Gasteiger partial charge on any atom is -0.394 e. The number of aliphatic hydroxyl groups excluding tert-OH is 2. The van der Waals surface area contributed by atoms with Gasteiger partial charge >= 0.3 is 0 Å². The predicted molar refractivity (Wildman–Crippen MR) is 51.0 cm³/mol. The molecule has 0 aromatic heterocycles. The summed E-state index contributed by atoms with van der Waals surface area (Å²) in [5.74, 6) is 0.964. The molecule has 0 fully saturated rings. The Bertz CT molecular complexity index is 90.4. The Morgan fingerprint density at radius 3 is 2.75 bits per heavy atom. The molecule has 4 heteroatoms. The van der Waals surface area contributed by atoms with Crippen molar-refractivity contribution >= 4 is 12.0 Å². The molecule has 0 aliphatic heterocycles. The molecule has 0 aromatic carbocycles. The Hall–Kier alpha value is 0.230. The maximum Gasteiger partial charge on any atom is 0.102 e. The van der Waals surface area contributed by atoms with Gasteiger partial charge in [-0.25, -0.2) is 0 Å². The van der Waals surface area contributed by atoms with Crippen LogP contribution in [-0.2, 0) is 4.18 Å². The third-order valence-electron chi connectivity index (χ3n) is 1.39. The molecule has 0 rings (SSSR count). The first kappa shape index (κ1) is 12.2. The van der Waals surface area contributed by atoms with Crippen LogP contribution in [0.1, 0.15) is 26.2 Å². The average molecular weight is 194 g/mol. The summed E-state index contributed by atoms with van der Waals surface area (Å²) < 4.78 is 5.04. The van der Waals surface area contributed by atoms with Crippen LogP contribution in [0.25, 0.3) is 0 Å². The van der Waals surface area contributed by atoms with Crippen LogP contribution >= 0.6 is 12.0 Å². The molecule has 1 unspecified atom stereocenters. The summed E-state index contributed by atoms with van der Waals surface area (Å²) in [7, 11) is 0. The molecule has 2 N–H and O–H groups in total. The molecular weight excluding hydrogens is 176 g/mol. The van der Waals surface area contributed by atoms with Crippen molar-refractivity contribution < 1.29 is 14.4 Å². The fraction of sp³-hybridized carbons (Fsp3) is 1.00. The van der Waals surface area contributed by atoms with Crippen LogP contribution in [0.5, 0.6) is 0 Å².